The van der Waals surface area contributed by atoms with Crippen molar-refractivity contribution in [3.8, 4) is 0 Å². The Morgan fingerprint density at radius 1 is 1.38 bits per heavy atom. The number of aryl methyl sites for hydroxylation is 1. The summed E-state index contributed by atoms with van der Waals surface area (Å²) in [4.78, 5) is 20.7. The molecule has 0 bridgehead atoms. The van der Waals surface area contributed by atoms with E-state index < -0.39 is 17.8 Å². The van der Waals surface area contributed by atoms with E-state index in [9.17, 15) is 18.0 Å². The molecule has 0 unspecified atom stereocenters. The van der Waals surface area contributed by atoms with Gasteiger partial charge < -0.3 is 10.3 Å². The Morgan fingerprint density at radius 2 is 2.15 bits per heavy atom. The highest BCUT2D eigenvalue weighted by Crippen LogP contribution is 2.32. The molecule has 1 amide bonds. The van der Waals surface area contributed by atoms with Gasteiger partial charge in [0.25, 0.3) is 5.91 Å². The summed E-state index contributed by atoms with van der Waals surface area (Å²) in [5.74, 6) is -0.632. The second-order valence-corrected chi connectivity index (χ2v) is 7.06. The number of halogens is 3. The summed E-state index contributed by atoms with van der Waals surface area (Å²) < 4.78 is 39.6. The Hall–Kier alpha value is -2.53. The molecule has 0 spiro atoms. The molecular weight excluding hydrogens is 387 g/mol. The van der Waals surface area contributed by atoms with E-state index in [0.717, 1.165) is 10.5 Å². The van der Waals surface area contributed by atoms with E-state index in [2.05, 4.69) is 15.3 Å². The first-order valence-electron chi connectivity index (χ1n) is 7.13. The largest absolute Gasteiger partial charge is 0.434 e. The van der Waals surface area contributed by atoms with Crippen molar-refractivity contribution in [3.63, 3.8) is 0 Å². The number of imidazole rings is 1. The molecule has 0 aliphatic heterocycles. The van der Waals surface area contributed by atoms with Gasteiger partial charge in [0.2, 0.25) is 0 Å². The maximum atomic E-state index is 12.6. The Labute approximate surface area is 154 Å². The van der Waals surface area contributed by atoms with Crippen molar-refractivity contribution in [2.75, 3.05) is 11.1 Å². The van der Waals surface area contributed by atoms with Crippen molar-refractivity contribution in [3.05, 3.63) is 47.2 Å². The molecule has 3 aromatic rings. The molecule has 0 fully saturated rings. The number of carbonyl (C=O) groups is 1. The lowest BCUT2D eigenvalue weighted by Gasteiger charge is -2.08. The fourth-order valence-corrected chi connectivity index (χ4v) is 3.53. The Kier molecular flexibility index (Phi) is 4.92. The number of benzene rings is 1. The van der Waals surface area contributed by atoms with E-state index in [1.165, 1.54) is 11.8 Å². The van der Waals surface area contributed by atoms with Crippen LogP contribution in [0, 0.1) is 0 Å². The number of carbonyl (C=O) groups excluding carboxylic acids is 1. The van der Waals surface area contributed by atoms with Crippen molar-refractivity contribution >= 4 is 39.8 Å². The lowest BCUT2D eigenvalue weighted by molar-refractivity contribution is -0.140. The number of nitrogens with one attached hydrogen (secondary N) is 1. The summed E-state index contributed by atoms with van der Waals surface area (Å²) in [5.41, 5.74) is 5.14. The quantitative estimate of drug-likeness (QED) is 0.651. The van der Waals surface area contributed by atoms with Gasteiger partial charge in [-0.05, 0) is 18.2 Å². The smallest absolute Gasteiger partial charge is 0.398 e. The molecule has 0 saturated heterocycles. The molecule has 6 nitrogen and oxygen atoms in total. The Bertz CT molecular complexity index is 951. The van der Waals surface area contributed by atoms with Crippen molar-refractivity contribution < 1.29 is 18.0 Å². The molecule has 3 N–H and O–H groups in total. The highest BCUT2D eigenvalue weighted by Gasteiger charge is 2.34. The van der Waals surface area contributed by atoms with Gasteiger partial charge in [0, 0.05) is 35.4 Å². The molecule has 2 aromatic heterocycles. The fourth-order valence-electron chi connectivity index (χ4n) is 1.98. The summed E-state index contributed by atoms with van der Waals surface area (Å²) in [7, 11) is 1.83. The minimum atomic E-state index is -4.56. The van der Waals surface area contributed by atoms with E-state index >= 15 is 0 Å². The molecule has 0 saturated carbocycles. The Morgan fingerprint density at radius 3 is 2.77 bits per heavy atom. The minimum absolute atomic E-state index is 0.146. The van der Waals surface area contributed by atoms with E-state index in [1.807, 2.05) is 11.6 Å². The highest BCUT2D eigenvalue weighted by atomic mass is 32.2. The van der Waals surface area contributed by atoms with Gasteiger partial charge >= 0.3 is 6.18 Å². The molecule has 0 radical (unpaired) electrons. The van der Waals surface area contributed by atoms with Gasteiger partial charge in [0.1, 0.15) is 0 Å². The number of nitrogen functional groups attached to an aromatic ring is 1. The zero-order valence-electron chi connectivity index (χ0n) is 13.2. The van der Waals surface area contributed by atoms with Gasteiger partial charge in [-0.25, -0.2) is 9.97 Å². The highest BCUT2D eigenvalue weighted by molar-refractivity contribution is 7.99. The molecule has 2 heterocycles. The van der Waals surface area contributed by atoms with Crippen molar-refractivity contribution in [2.45, 2.75) is 16.2 Å². The number of nitrogens with zero attached hydrogens (tertiary/aromatic N) is 3. The number of thiazole rings is 1. The SMILES string of the molecule is Cn1ccnc1Sc1ccc(N)c(C(=O)Nc2nc(C(F)(F)F)cs2)c1. The van der Waals surface area contributed by atoms with Crippen LogP contribution in [-0.4, -0.2) is 20.4 Å². The number of hydrogen-bond acceptors (Lipinski definition) is 6. The van der Waals surface area contributed by atoms with Gasteiger partial charge in [0.05, 0.1) is 5.56 Å². The number of alkyl halides is 3. The average Bonchev–Trinajstić information content (AvgIpc) is 3.18. The molecule has 3 rings (SSSR count). The number of anilines is 2. The predicted octanol–water partition coefficient (Wildman–Crippen LogP) is 3.88. The van der Waals surface area contributed by atoms with Crippen LogP contribution in [0.2, 0.25) is 0 Å². The van der Waals surface area contributed by atoms with Gasteiger partial charge in [-0.15, -0.1) is 11.3 Å². The second-order valence-electron chi connectivity index (χ2n) is 5.16. The van der Waals surface area contributed by atoms with Crippen LogP contribution < -0.4 is 11.1 Å². The van der Waals surface area contributed by atoms with Crippen LogP contribution in [0.1, 0.15) is 16.1 Å². The van der Waals surface area contributed by atoms with Crippen LogP contribution in [0.3, 0.4) is 0 Å². The lowest BCUT2D eigenvalue weighted by atomic mass is 10.1. The third-order valence-corrected chi connectivity index (χ3v) is 5.09. The minimum Gasteiger partial charge on any atom is -0.398 e. The topological polar surface area (TPSA) is 85.8 Å². The summed E-state index contributed by atoms with van der Waals surface area (Å²) in [6, 6.07) is 4.85. The van der Waals surface area contributed by atoms with Crippen LogP contribution in [0.4, 0.5) is 24.0 Å². The third kappa shape index (κ3) is 3.99. The van der Waals surface area contributed by atoms with E-state index in [1.54, 1.807) is 30.6 Å². The Balaban J connectivity index is 1.79. The van der Waals surface area contributed by atoms with E-state index in [4.69, 9.17) is 5.73 Å². The van der Waals surface area contributed by atoms with Crippen LogP contribution in [0.25, 0.3) is 0 Å². The van der Waals surface area contributed by atoms with Crippen LogP contribution >= 0.6 is 23.1 Å². The molecular formula is C15H12F3N5OS2. The first-order valence-corrected chi connectivity index (χ1v) is 8.82. The molecule has 136 valence electrons. The standard InChI is InChI=1S/C15H12F3N5OS2/c1-23-5-4-20-14(23)26-8-2-3-10(19)9(6-8)12(24)22-13-21-11(7-25-13)15(16,17)18/h2-7H,19H2,1H3,(H,21,22,24). The van der Waals surface area contributed by atoms with Gasteiger partial charge in [0.15, 0.2) is 16.0 Å². The maximum Gasteiger partial charge on any atom is 0.434 e. The van der Waals surface area contributed by atoms with Gasteiger partial charge in [-0.1, -0.05) is 11.8 Å². The zero-order chi connectivity index (χ0) is 18.9. The lowest BCUT2D eigenvalue weighted by Crippen LogP contribution is -2.14. The molecule has 0 atom stereocenters. The second kappa shape index (κ2) is 7.00. The molecule has 0 aliphatic carbocycles. The predicted molar refractivity (Wildman–Crippen MR) is 93.3 cm³/mol. The number of aromatic nitrogens is 3. The fraction of sp³-hybridized carbons (Fsp3) is 0.133. The first-order chi connectivity index (χ1) is 12.2. The van der Waals surface area contributed by atoms with Crippen LogP contribution in [0.15, 0.2) is 46.0 Å². The number of hydrogen-bond donors (Lipinski definition) is 2. The van der Waals surface area contributed by atoms with E-state index in [0.29, 0.717) is 16.2 Å². The van der Waals surface area contributed by atoms with E-state index in [-0.39, 0.29) is 16.4 Å². The number of nitrogens with two attached hydrogens (primary N) is 1. The van der Waals surface area contributed by atoms with Crippen LogP contribution in [0.5, 0.6) is 0 Å². The summed E-state index contributed by atoms with van der Waals surface area (Å²) >= 11 is 2.02. The molecule has 26 heavy (non-hydrogen) atoms. The van der Waals surface area contributed by atoms with Crippen molar-refractivity contribution in [2.24, 2.45) is 7.05 Å². The molecule has 11 heteroatoms. The third-order valence-electron chi connectivity index (χ3n) is 3.27. The van der Waals surface area contributed by atoms with Gasteiger partial charge in [-0.2, -0.15) is 13.2 Å². The average molecular weight is 399 g/mol. The summed E-state index contributed by atoms with van der Waals surface area (Å²) in [6.07, 6.45) is -1.13. The first kappa shape index (κ1) is 18.3. The molecule has 1 aromatic carbocycles. The normalized spacial score (nSPS) is 11.5. The summed E-state index contributed by atoms with van der Waals surface area (Å²) in [6.45, 7) is 0. The van der Waals surface area contributed by atoms with Gasteiger partial charge in [-0.3, -0.25) is 10.1 Å². The number of rotatable bonds is 4. The number of amides is 1. The summed E-state index contributed by atoms with van der Waals surface area (Å²) in [5, 5.41) is 3.76. The monoisotopic (exact) mass is 399 g/mol. The van der Waals surface area contributed by atoms with Crippen molar-refractivity contribution in [1.29, 1.82) is 0 Å². The molecule has 0 aliphatic rings. The van der Waals surface area contributed by atoms with Crippen LogP contribution in [-0.2, 0) is 13.2 Å². The maximum absolute atomic E-state index is 12.6. The van der Waals surface area contributed by atoms with Crippen molar-refractivity contribution in [1.82, 2.24) is 14.5 Å². The zero-order valence-corrected chi connectivity index (χ0v) is 14.9.